The third-order valence-electron chi connectivity index (χ3n) is 2.50. The number of thiophene rings is 1. The summed E-state index contributed by atoms with van der Waals surface area (Å²) in [6.07, 6.45) is 1.38. The van der Waals surface area contributed by atoms with Gasteiger partial charge in [0, 0.05) is 20.3 Å². The van der Waals surface area contributed by atoms with E-state index in [1.165, 1.54) is 12.1 Å². The number of nitrogens with one attached hydrogen (secondary N) is 1. The molecule has 2 N–H and O–H groups in total. The summed E-state index contributed by atoms with van der Waals surface area (Å²) in [4.78, 5) is 10.7. The van der Waals surface area contributed by atoms with Crippen LogP contribution in [0.2, 0.25) is 0 Å². The highest BCUT2D eigenvalue weighted by atomic mass is 32.2. The van der Waals surface area contributed by atoms with Crippen LogP contribution in [0.4, 0.5) is 0 Å². The van der Waals surface area contributed by atoms with E-state index in [1.54, 1.807) is 7.11 Å². The van der Waals surface area contributed by atoms with E-state index in [9.17, 15) is 13.2 Å². The van der Waals surface area contributed by atoms with Gasteiger partial charge >= 0.3 is 5.97 Å². The molecule has 0 saturated heterocycles. The molecule has 0 fully saturated rings. The molecule has 0 saturated carbocycles. The number of rotatable bonds is 11. The van der Waals surface area contributed by atoms with Crippen molar-refractivity contribution >= 4 is 27.3 Å². The van der Waals surface area contributed by atoms with E-state index in [2.05, 4.69) is 4.72 Å². The Morgan fingerprint density at radius 1 is 1.29 bits per heavy atom. The molecule has 1 heterocycles. The minimum absolute atomic E-state index is 0.00178. The maximum atomic E-state index is 11.9. The Morgan fingerprint density at radius 3 is 2.67 bits per heavy atom. The molecule has 0 aliphatic carbocycles. The van der Waals surface area contributed by atoms with Gasteiger partial charge in [-0.15, -0.1) is 11.3 Å². The highest BCUT2D eigenvalue weighted by Gasteiger charge is 2.18. The number of carboxylic acids is 1. The number of sulfonamides is 1. The van der Waals surface area contributed by atoms with Gasteiger partial charge in [0.25, 0.3) is 0 Å². The van der Waals surface area contributed by atoms with Crippen LogP contribution in [0.25, 0.3) is 0 Å². The molecule has 21 heavy (non-hydrogen) atoms. The van der Waals surface area contributed by atoms with Crippen LogP contribution in [0.5, 0.6) is 0 Å². The van der Waals surface area contributed by atoms with Crippen molar-refractivity contribution in [1.82, 2.24) is 4.72 Å². The summed E-state index contributed by atoms with van der Waals surface area (Å²) in [7, 11) is -2.03. The van der Waals surface area contributed by atoms with Gasteiger partial charge in [0.1, 0.15) is 9.09 Å². The maximum absolute atomic E-state index is 11.9. The fourth-order valence-electron chi connectivity index (χ4n) is 1.43. The summed E-state index contributed by atoms with van der Waals surface area (Å²) in [5.74, 6) is -1.13. The van der Waals surface area contributed by atoms with Crippen LogP contribution in [0.15, 0.2) is 16.3 Å². The lowest BCUT2D eigenvalue weighted by Gasteiger charge is -2.05. The van der Waals surface area contributed by atoms with Crippen LogP contribution in [0.3, 0.4) is 0 Å². The van der Waals surface area contributed by atoms with Gasteiger partial charge in [0.2, 0.25) is 10.0 Å². The van der Waals surface area contributed by atoms with Gasteiger partial charge in [-0.1, -0.05) is 0 Å². The smallest absolute Gasteiger partial charge is 0.345 e. The molecular weight excluding hydrogens is 318 g/mol. The first-order chi connectivity index (χ1) is 9.97. The topological polar surface area (TPSA) is 102 Å². The second-order valence-electron chi connectivity index (χ2n) is 4.13. The normalized spacial score (nSPS) is 11.7. The van der Waals surface area contributed by atoms with Crippen LogP contribution in [-0.4, -0.2) is 53.0 Å². The van der Waals surface area contributed by atoms with Gasteiger partial charge in [0.15, 0.2) is 0 Å². The van der Waals surface area contributed by atoms with Crippen molar-refractivity contribution < 1.29 is 27.8 Å². The average molecular weight is 337 g/mol. The Labute approximate surface area is 127 Å². The first-order valence-corrected chi connectivity index (χ1v) is 8.67. The maximum Gasteiger partial charge on any atom is 0.345 e. The fourth-order valence-corrected chi connectivity index (χ4v) is 3.69. The molecular formula is C12H19NO6S2. The van der Waals surface area contributed by atoms with Crippen LogP contribution in [0.1, 0.15) is 22.5 Å². The highest BCUT2D eigenvalue weighted by Crippen LogP contribution is 2.21. The van der Waals surface area contributed by atoms with Crippen LogP contribution in [0, 0.1) is 0 Å². The Hall–Kier alpha value is -1.00. The van der Waals surface area contributed by atoms with E-state index in [0.717, 1.165) is 17.8 Å². The number of hydrogen-bond acceptors (Lipinski definition) is 6. The SMILES string of the molecule is COCCOCCCCNS(=O)(=O)c1ccc(C(=O)O)s1. The Morgan fingerprint density at radius 2 is 2.05 bits per heavy atom. The van der Waals surface area contributed by atoms with Crippen LogP contribution in [-0.2, 0) is 19.5 Å². The lowest BCUT2D eigenvalue weighted by molar-refractivity contribution is 0.0689. The molecule has 0 radical (unpaired) electrons. The number of ether oxygens (including phenoxy) is 2. The largest absolute Gasteiger partial charge is 0.477 e. The van der Waals surface area contributed by atoms with Gasteiger partial charge in [-0.25, -0.2) is 17.9 Å². The second kappa shape index (κ2) is 9.11. The molecule has 120 valence electrons. The number of aromatic carboxylic acids is 1. The first-order valence-electron chi connectivity index (χ1n) is 6.37. The molecule has 9 heteroatoms. The lowest BCUT2D eigenvalue weighted by Crippen LogP contribution is -2.24. The fraction of sp³-hybridized carbons (Fsp3) is 0.583. The number of hydrogen-bond donors (Lipinski definition) is 2. The average Bonchev–Trinajstić information content (AvgIpc) is 2.92. The molecule has 1 aromatic heterocycles. The van der Waals surface area contributed by atoms with Crippen molar-refractivity contribution in [2.45, 2.75) is 17.1 Å². The standard InChI is InChI=1S/C12H19NO6S2/c1-18-8-9-19-7-3-2-6-13-21(16,17)11-5-4-10(20-11)12(14)15/h4-5,13H,2-3,6-9H2,1H3,(H,14,15). The Balaban J connectivity index is 2.28. The van der Waals surface area contributed by atoms with Gasteiger partial charge in [-0.2, -0.15) is 0 Å². The zero-order chi connectivity index (χ0) is 15.7. The summed E-state index contributed by atoms with van der Waals surface area (Å²) >= 11 is 0.737. The highest BCUT2D eigenvalue weighted by molar-refractivity contribution is 7.91. The lowest BCUT2D eigenvalue weighted by atomic mass is 10.3. The van der Waals surface area contributed by atoms with Gasteiger partial charge < -0.3 is 14.6 Å². The van der Waals surface area contributed by atoms with E-state index in [-0.39, 0.29) is 15.6 Å². The molecule has 0 aliphatic rings. The molecule has 0 unspecified atom stereocenters. The van der Waals surface area contributed by atoms with Crippen molar-refractivity contribution in [3.63, 3.8) is 0 Å². The van der Waals surface area contributed by atoms with E-state index < -0.39 is 16.0 Å². The quantitative estimate of drug-likeness (QED) is 0.588. The summed E-state index contributed by atoms with van der Waals surface area (Å²) < 4.78 is 36.3. The van der Waals surface area contributed by atoms with E-state index >= 15 is 0 Å². The number of methoxy groups -OCH3 is 1. The number of carboxylic acid groups (broad SMARTS) is 1. The van der Waals surface area contributed by atoms with Crippen molar-refractivity contribution in [1.29, 1.82) is 0 Å². The van der Waals surface area contributed by atoms with Crippen molar-refractivity contribution in [2.75, 3.05) is 33.5 Å². The summed E-state index contributed by atoms with van der Waals surface area (Å²) in [5, 5.41) is 8.77. The summed E-state index contributed by atoms with van der Waals surface area (Å²) in [5.41, 5.74) is 0. The molecule has 0 aliphatic heterocycles. The third kappa shape index (κ3) is 6.53. The second-order valence-corrected chi connectivity index (χ2v) is 7.21. The molecule has 0 amide bonds. The molecule has 0 spiro atoms. The Kier molecular flexibility index (Phi) is 7.83. The van der Waals surface area contributed by atoms with Crippen molar-refractivity contribution in [3.8, 4) is 0 Å². The third-order valence-corrected chi connectivity index (χ3v) is 5.52. The molecule has 1 aromatic rings. The van der Waals surface area contributed by atoms with Crippen LogP contribution >= 0.6 is 11.3 Å². The van der Waals surface area contributed by atoms with Crippen molar-refractivity contribution in [2.24, 2.45) is 0 Å². The van der Waals surface area contributed by atoms with Crippen LogP contribution < -0.4 is 4.72 Å². The molecule has 1 rings (SSSR count). The first kappa shape index (κ1) is 18.1. The summed E-state index contributed by atoms with van der Waals surface area (Å²) in [6.45, 7) is 1.90. The summed E-state index contributed by atoms with van der Waals surface area (Å²) in [6, 6.07) is 2.58. The van der Waals surface area contributed by atoms with E-state index in [1.807, 2.05) is 0 Å². The van der Waals surface area contributed by atoms with E-state index in [0.29, 0.717) is 26.2 Å². The molecule has 7 nitrogen and oxygen atoms in total. The molecule has 0 bridgehead atoms. The minimum atomic E-state index is -3.63. The predicted molar refractivity (Wildman–Crippen MR) is 78.4 cm³/mol. The Bertz CT molecular complexity index is 540. The van der Waals surface area contributed by atoms with Gasteiger partial charge in [0.05, 0.1) is 13.2 Å². The number of carbonyl (C=O) groups is 1. The van der Waals surface area contributed by atoms with E-state index in [4.69, 9.17) is 14.6 Å². The zero-order valence-corrected chi connectivity index (χ0v) is 13.3. The molecule has 0 aromatic carbocycles. The van der Waals surface area contributed by atoms with Crippen molar-refractivity contribution in [3.05, 3.63) is 17.0 Å². The van der Waals surface area contributed by atoms with Gasteiger partial charge in [-0.3, -0.25) is 0 Å². The van der Waals surface area contributed by atoms with Gasteiger partial charge in [-0.05, 0) is 25.0 Å². The molecule has 0 atom stereocenters. The zero-order valence-electron chi connectivity index (χ0n) is 11.7. The monoisotopic (exact) mass is 337 g/mol. The predicted octanol–water partition coefficient (Wildman–Crippen LogP) is 1.17. The number of unbranched alkanes of at least 4 members (excludes halogenated alkanes) is 1. The minimum Gasteiger partial charge on any atom is -0.477 e.